The molecule has 1 aliphatic rings. The lowest BCUT2D eigenvalue weighted by molar-refractivity contribution is -0.141. The standard InChI is InChI=1S/C22H23F3N2O6/c1-3-32-20(28)17-8-9-19(22(23,24)25)26-18(17)13-31-11-15-12-33-21(29)27(15)10-14-4-6-16(30-2)7-5-14/h4-9,15H,3,10-13H2,1-2H3. The molecular weight excluding hydrogens is 445 g/mol. The molecule has 1 aromatic carbocycles. The Morgan fingerprint density at radius 1 is 1.21 bits per heavy atom. The minimum Gasteiger partial charge on any atom is -0.497 e. The molecule has 1 amide bonds. The van der Waals surface area contributed by atoms with Crippen LogP contribution in [0.5, 0.6) is 5.75 Å². The first-order valence-electron chi connectivity index (χ1n) is 10.1. The van der Waals surface area contributed by atoms with Gasteiger partial charge in [-0.3, -0.25) is 4.90 Å². The van der Waals surface area contributed by atoms with E-state index in [1.165, 1.54) is 4.90 Å². The number of rotatable bonds is 9. The number of benzene rings is 1. The summed E-state index contributed by atoms with van der Waals surface area (Å²) < 4.78 is 59.9. The third-order valence-corrected chi connectivity index (χ3v) is 4.90. The second-order valence-corrected chi connectivity index (χ2v) is 7.13. The summed E-state index contributed by atoms with van der Waals surface area (Å²) in [7, 11) is 1.55. The summed E-state index contributed by atoms with van der Waals surface area (Å²) in [5.41, 5.74) is -0.618. The molecule has 0 radical (unpaired) electrons. The molecule has 1 atom stereocenters. The van der Waals surface area contributed by atoms with Crippen molar-refractivity contribution in [2.24, 2.45) is 0 Å². The quantitative estimate of drug-likeness (QED) is 0.517. The Kier molecular flexibility index (Phi) is 7.75. The molecule has 11 heteroatoms. The Morgan fingerprint density at radius 3 is 2.58 bits per heavy atom. The third kappa shape index (κ3) is 6.13. The highest BCUT2D eigenvalue weighted by Gasteiger charge is 2.35. The molecule has 1 saturated heterocycles. The van der Waals surface area contributed by atoms with E-state index < -0.39 is 30.0 Å². The molecule has 1 aromatic heterocycles. The van der Waals surface area contributed by atoms with Crippen molar-refractivity contribution in [3.63, 3.8) is 0 Å². The molecule has 2 aromatic rings. The van der Waals surface area contributed by atoms with Gasteiger partial charge < -0.3 is 18.9 Å². The Bertz CT molecular complexity index is 981. The molecule has 1 unspecified atom stereocenters. The summed E-state index contributed by atoms with van der Waals surface area (Å²) in [6, 6.07) is 8.41. The number of esters is 1. The van der Waals surface area contributed by atoms with Crippen LogP contribution in [-0.4, -0.2) is 54.9 Å². The van der Waals surface area contributed by atoms with Gasteiger partial charge in [0, 0.05) is 6.54 Å². The summed E-state index contributed by atoms with van der Waals surface area (Å²) in [6.07, 6.45) is -5.20. The number of halogens is 3. The average molecular weight is 468 g/mol. The highest BCUT2D eigenvalue weighted by Crippen LogP contribution is 2.29. The SMILES string of the molecule is CCOC(=O)c1ccc(C(F)(F)F)nc1COCC1COC(=O)N1Cc1ccc(OC)cc1. The smallest absolute Gasteiger partial charge is 0.433 e. The first-order chi connectivity index (χ1) is 15.7. The van der Waals surface area contributed by atoms with E-state index in [1.54, 1.807) is 38.3 Å². The number of ether oxygens (including phenoxy) is 4. The molecule has 3 rings (SSSR count). The van der Waals surface area contributed by atoms with E-state index in [0.717, 1.165) is 17.7 Å². The van der Waals surface area contributed by atoms with Crippen molar-refractivity contribution in [2.45, 2.75) is 32.3 Å². The summed E-state index contributed by atoms with van der Waals surface area (Å²) in [4.78, 5) is 29.3. The Hall–Kier alpha value is -3.34. The zero-order chi connectivity index (χ0) is 24.0. The molecule has 178 valence electrons. The van der Waals surface area contributed by atoms with Gasteiger partial charge in [-0.2, -0.15) is 13.2 Å². The van der Waals surface area contributed by atoms with Gasteiger partial charge in [-0.05, 0) is 36.8 Å². The van der Waals surface area contributed by atoms with Crippen LogP contribution in [0.1, 0.15) is 34.2 Å². The number of pyridine rings is 1. The summed E-state index contributed by atoms with van der Waals surface area (Å²) >= 11 is 0. The Morgan fingerprint density at radius 2 is 1.94 bits per heavy atom. The number of methoxy groups -OCH3 is 1. The molecule has 0 spiro atoms. The topological polar surface area (TPSA) is 87.2 Å². The lowest BCUT2D eigenvalue weighted by Crippen LogP contribution is -2.36. The maximum atomic E-state index is 13.1. The Labute approximate surface area is 188 Å². The van der Waals surface area contributed by atoms with Crippen LogP contribution in [0, 0.1) is 0 Å². The second-order valence-electron chi connectivity index (χ2n) is 7.13. The number of hydrogen-bond acceptors (Lipinski definition) is 7. The monoisotopic (exact) mass is 468 g/mol. The van der Waals surface area contributed by atoms with E-state index in [0.29, 0.717) is 5.75 Å². The van der Waals surface area contributed by atoms with Crippen molar-refractivity contribution in [1.82, 2.24) is 9.88 Å². The van der Waals surface area contributed by atoms with Crippen molar-refractivity contribution in [1.29, 1.82) is 0 Å². The molecule has 0 bridgehead atoms. The van der Waals surface area contributed by atoms with Gasteiger partial charge >= 0.3 is 18.2 Å². The third-order valence-electron chi connectivity index (χ3n) is 4.90. The molecule has 1 fully saturated rings. The maximum absolute atomic E-state index is 13.1. The van der Waals surface area contributed by atoms with E-state index in [1.807, 2.05) is 0 Å². The van der Waals surface area contributed by atoms with Gasteiger partial charge in [0.25, 0.3) is 0 Å². The number of carbonyl (C=O) groups is 2. The molecule has 8 nitrogen and oxygen atoms in total. The van der Waals surface area contributed by atoms with Gasteiger partial charge in [-0.25, -0.2) is 14.6 Å². The lowest BCUT2D eigenvalue weighted by Gasteiger charge is -2.21. The number of cyclic esters (lactones) is 1. The predicted molar refractivity (Wildman–Crippen MR) is 109 cm³/mol. The van der Waals surface area contributed by atoms with E-state index in [-0.39, 0.29) is 44.2 Å². The highest BCUT2D eigenvalue weighted by atomic mass is 19.4. The molecular formula is C22H23F3N2O6. The normalized spacial score (nSPS) is 16.0. The fourth-order valence-corrected chi connectivity index (χ4v) is 3.20. The lowest BCUT2D eigenvalue weighted by atomic mass is 10.1. The number of carbonyl (C=O) groups excluding carboxylic acids is 2. The number of amides is 1. The van der Waals surface area contributed by atoms with Crippen LogP contribution < -0.4 is 4.74 Å². The van der Waals surface area contributed by atoms with Crippen LogP contribution in [0.3, 0.4) is 0 Å². The largest absolute Gasteiger partial charge is 0.497 e. The van der Waals surface area contributed by atoms with Crippen LogP contribution in [0.4, 0.5) is 18.0 Å². The van der Waals surface area contributed by atoms with Gasteiger partial charge in [0.1, 0.15) is 18.1 Å². The fourth-order valence-electron chi connectivity index (χ4n) is 3.20. The number of alkyl halides is 3. The van der Waals surface area contributed by atoms with E-state index >= 15 is 0 Å². The van der Waals surface area contributed by atoms with Crippen LogP contribution >= 0.6 is 0 Å². The number of hydrogen-bond donors (Lipinski definition) is 0. The van der Waals surface area contributed by atoms with Crippen LogP contribution in [-0.2, 0) is 33.5 Å². The van der Waals surface area contributed by atoms with Crippen molar-refractivity contribution in [2.75, 3.05) is 26.9 Å². The van der Waals surface area contributed by atoms with Crippen molar-refractivity contribution in [3.8, 4) is 5.75 Å². The average Bonchev–Trinajstić information content (AvgIpc) is 3.13. The summed E-state index contributed by atoms with van der Waals surface area (Å²) in [5, 5.41) is 0. The second kappa shape index (κ2) is 10.5. The van der Waals surface area contributed by atoms with E-state index in [2.05, 4.69) is 4.98 Å². The maximum Gasteiger partial charge on any atom is 0.433 e. The van der Waals surface area contributed by atoms with Crippen LogP contribution in [0.2, 0.25) is 0 Å². The molecule has 2 heterocycles. The first kappa shape index (κ1) is 24.3. The molecule has 0 N–H and O–H groups in total. The minimum absolute atomic E-state index is 0.0257. The zero-order valence-corrected chi connectivity index (χ0v) is 18.1. The van der Waals surface area contributed by atoms with Gasteiger partial charge in [-0.1, -0.05) is 12.1 Å². The van der Waals surface area contributed by atoms with Crippen molar-refractivity contribution in [3.05, 3.63) is 58.9 Å². The number of aromatic nitrogens is 1. The van der Waals surface area contributed by atoms with Crippen molar-refractivity contribution >= 4 is 12.1 Å². The number of nitrogens with zero attached hydrogens (tertiary/aromatic N) is 2. The minimum atomic E-state index is -4.68. The Balaban J connectivity index is 1.68. The summed E-state index contributed by atoms with van der Waals surface area (Å²) in [5.74, 6) is -0.119. The van der Waals surface area contributed by atoms with Crippen molar-refractivity contribution < 1.29 is 41.7 Å². The molecule has 0 saturated carbocycles. The predicted octanol–water partition coefficient (Wildman–Crippen LogP) is 3.82. The first-order valence-corrected chi connectivity index (χ1v) is 10.1. The van der Waals surface area contributed by atoms with Crippen LogP contribution in [0.15, 0.2) is 36.4 Å². The van der Waals surface area contributed by atoms with Gasteiger partial charge in [-0.15, -0.1) is 0 Å². The zero-order valence-electron chi connectivity index (χ0n) is 18.1. The summed E-state index contributed by atoms with van der Waals surface area (Å²) in [6.45, 7) is 1.56. The highest BCUT2D eigenvalue weighted by molar-refractivity contribution is 5.90. The van der Waals surface area contributed by atoms with Gasteiger partial charge in [0.15, 0.2) is 0 Å². The fraction of sp³-hybridized carbons (Fsp3) is 0.409. The van der Waals surface area contributed by atoms with Gasteiger partial charge in [0.2, 0.25) is 0 Å². The van der Waals surface area contributed by atoms with Gasteiger partial charge in [0.05, 0.1) is 44.2 Å². The molecule has 1 aliphatic heterocycles. The van der Waals surface area contributed by atoms with E-state index in [9.17, 15) is 22.8 Å². The molecule has 33 heavy (non-hydrogen) atoms. The van der Waals surface area contributed by atoms with E-state index in [4.69, 9.17) is 18.9 Å². The molecule has 0 aliphatic carbocycles. The van der Waals surface area contributed by atoms with Crippen LogP contribution in [0.25, 0.3) is 0 Å².